The fourth-order valence-corrected chi connectivity index (χ4v) is 5.88. The molecule has 8 nitrogen and oxygen atoms in total. The molecule has 0 aromatic heterocycles. The summed E-state index contributed by atoms with van der Waals surface area (Å²) in [5, 5.41) is 0. The predicted molar refractivity (Wildman–Crippen MR) is 110 cm³/mol. The number of ketones is 1. The molecule has 0 bridgehead atoms. The van der Waals surface area contributed by atoms with Gasteiger partial charge in [-0.3, -0.25) is 9.59 Å². The van der Waals surface area contributed by atoms with Crippen molar-refractivity contribution in [2.75, 3.05) is 37.7 Å². The zero-order chi connectivity index (χ0) is 21.7. The van der Waals surface area contributed by atoms with Gasteiger partial charge in [-0.15, -0.1) is 0 Å². The van der Waals surface area contributed by atoms with Crippen molar-refractivity contribution < 1.29 is 26.4 Å². The lowest BCUT2D eigenvalue weighted by Gasteiger charge is -2.34. The lowest BCUT2D eigenvalue weighted by atomic mass is 10.2. The summed E-state index contributed by atoms with van der Waals surface area (Å²) in [6.07, 6.45) is 2.25. The molecule has 0 N–H and O–H groups in total. The Labute approximate surface area is 172 Å². The zero-order valence-electron chi connectivity index (χ0n) is 16.8. The van der Waals surface area contributed by atoms with Crippen LogP contribution in [0.25, 0.3) is 0 Å². The first kappa shape index (κ1) is 23.5. The number of nitrogens with zero attached hydrogens (tertiary/aromatic N) is 2. The lowest BCUT2D eigenvalue weighted by molar-refractivity contribution is -0.129. The molecule has 1 saturated heterocycles. The second-order valence-electron chi connectivity index (χ2n) is 7.16. The monoisotopic (exact) mass is 444 g/mol. The van der Waals surface area contributed by atoms with Gasteiger partial charge in [-0.05, 0) is 25.5 Å². The van der Waals surface area contributed by atoms with Crippen molar-refractivity contribution >= 4 is 31.6 Å². The van der Waals surface area contributed by atoms with Crippen LogP contribution in [0.2, 0.25) is 0 Å². The van der Waals surface area contributed by atoms with Crippen LogP contribution in [0.1, 0.15) is 43.5 Å². The van der Waals surface area contributed by atoms with E-state index in [0.717, 1.165) is 12.8 Å². The molecule has 1 amide bonds. The molecule has 162 valence electrons. The van der Waals surface area contributed by atoms with Crippen LogP contribution in [0.15, 0.2) is 29.2 Å². The number of unbranched alkanes of at least 4 members (excludes halogenated alkanes) is 2. The van der Waals surface area contributed by atoms with Crippen molar-refractivity contribution in [3.63, 3.8) is 0 Å². The number of sulfonamides is 1. The van der Waals surface area contributed by atoms with Crippen molar-refractivity contribution in [3.8, 4) is 0 Å². The summed E-state index contributed by atoms with van der Waals surface area (Å²) in [7, 11) is -7.19. The van der Waals surface area contributed by atoms with Gasteiger partial charge in [-0.25, -0.2) is 16.8 Å². The maximum atomic E-state index is 12.8. The molecular weight excluding hydrogens is 416 g/mol. The minimum Gasteiger partial charge on any atom is -0.339 e. The van der Waals surface area contributed by atoms with E-state index >= 15 is 0 Å². The van der Waals surface area contributed by atoms with Crippen molar-refractivity contribution in [2.45, 2.75) is 38.0 Å². The maximum Gasteiger partial charge on any atom is 0.243 e. The summed E-state index contributed by atoms with van der Waals surface area (Å²) in [5.74, 6) is -1.16. The molecule has 1 aromatic carbocycles. The Morgan fingerprint density at radius 1 is 0.931 bits per heavy atom. The summed E-state index contributed by atoms with van der Waals surface area (Å²) in [4.78, 5) is 25.2. The van der Waals surface area contributed by atoms with Gasteiger partial charge in [0.05, 0.1) is 10.6 Å². The Morgan fingerprint density at radius 3 is 2.03 bits per heavy atom. The standard InChI is InChI=1S/C19H28N2O6S2/c1-3-4-5-14-28(24,25)15-19(23)20-10-12-21(13-11-20)29(26,27)18-8-6-17(7-9-18)16(2)22/h6-9H,3-5,10-15H2,1-2H3. The van der Waals surface area contributed by atoms with Gasteiger partial charge in [0, 0.05) is 31.7 Å². The first-order chi connectivity index (χ1) is 13.6. The molecule has 1 heterocycles. The number of Topliss-reactive ketones (excluding diaryl/α,β-unsaturated/α-hetero) is 1. The van der Waals surface area contributed by atoms with Gasteiger partial charge in [0.15, 0.2) is 15.6 Å². The number of hydrogen-bond acceptors (Lipinski definition) is 6. The quantitative estimate of drug-likeness (QED) is 0.420. The van der Waals surface area contributed by atoms with Gasteiger partial charge in [-0.2, -0.15) is 4.31 Å². The fourth-order valence-electron chi connectivity index (χ4n) is 3.11. The van der Waals surface area contributed by atoms with E-state index in [2.05, 4.69) is 0 Å². The normalized spacial score (nSPS) is 16.0. The molecule has 0 spiro atoms. The van der Waals surface area contributed by atoms with Gasteiger partial charge in [0.2, 0.25) is 15.9 Å². The van der Waals surface area contributed by atoms with Crippen LogP contribution in [0.4, 0.5) is 0 Å². The highest BCUT2D eigenvalue weighted by atomic mass is 32.2. The van der Waals surface area contributed by atoms with E-state index in [0.29, 0.717) is 12.0 Å². The molecule has 0 unspecified atom stereocenters. The molecule has 0 radical (unpaired) electrons. The third-order valence-corrected chi connectivity index (χ3v) is 8.40. The minimum atomic E-state index is -3.74. The first-order valence-electron chi connectivity index (χ1n) is 9.66. The SMILES string of the molecule is CCCCCS(=O)(=O)CC(=O)N1CCN(S(=O)(=O)c2ccc(C(C)=O)cc2)CC1. The van der Waals surface area contributed by atoms with Gasteiger partial charge >= 0.3 is 0 Å². The lowest BCUT2D eigenvalue weighted by Crippen LogP contribution is -2.51. The van der Waals surface area contributed by atoms with Crippen LogP contribution >= 0.6 is 0 Å². The Kier molecular flexibility index (Phi) is 7.95. The van der Waals surface area contributed by atoms with Gasteiger partial charge in [-0.1, -0.05) is 31.9 Å². The molecule has 1 aliphatic heterocycles. The Bertz CT molecular complexity index is 931. The van der Waals surface area contributed by atoms with E-state index < -0.39 is 31.5 Å². The van der Waals surface area contributed by atoms with E-state index in [-0.39, 0.29) is 42.6 Å². The Morgan fingerprint density at radius 2 is 1.52 bits per heavy atom. The van der Waals surface area contributed by atoms with E-state index in [1.54, 1.807) is 0 Å². The third kappa shape index (κ3) is 6.35. The molecule has 1 aliphatic rings. The molecule has 2 rings (SSSR count). The molecule has 10 heteroatoms. The third-order valence-electron chi connectivity index (χ3n) is 4.89. The van der Waals surface area contributed by atoms with E-state index in [1.807, 2.05) is 6.92 Å². The highest BCUT2D eigenvalue weighted by Gasteiger charge is 2.31. The van der Waals surface area contributed by atoms with Crippen LogP contribution in [0.3, 0.4) is 0 Å². The molecule has 29 heavy (non-hydrogen) atoms. The molecule has 0 saturated carbocycles. The second kappa shape index (κ2) is 9.82. The number of carbonyl (C=O) groups excluding carboxylic acids is 2. The van der Waals surface area contributed by atoms with Crippen LogP contribution in [-0.4, -0.2) is 75.4 Å². The molecular formula is C19H28N2O6S2. The van der Waals surface area contributed by atoms with Crippen LogP contribution in [0.5, 0.6) is 0 Å². The number of piperazine rings is 1. The van der Waals surface area contributed by atoms with Crippen molar-refractivity contribution in [2.24, 2.45) is 0 Å². The largest absolute Gasteiger partial charge is 0.339 e. The summed E-state index contributed by atoms with van der Waals surface area (Å²) in [5.41, 5.74) is 0.430. The number of carbonyl (C=O) groups is 2. The average molecular weight is 445 g/mol. The van der Waals surface area contributed by atoms with Crippen LogP contribution in [0, 0.1) is 0 Å². The molecule has 0 aliphatic carbocycles. The Balaban J connectivity index is 1.95. The molecule has 1 fully saturated rings. The van der Waals surface area contributed by atoms with E-state index in [1.165, 1.54) is 40.4 Å². The fraction of sp³-hybridized carbons (Fsp3) is 0.579. The summed E-state index contributed by atoms with van der Waals surface area (Å²) in [6.45, 7) is 3.87. The number of rotatable bonds is 9. The van der Waals surface area contributed by atoms with Crippen molar-refractivity contribution in [1.29, 1.82) is 0 Å². The molecule has 0 atom stereocenters. The van der Waals surface area contributed by atoms with E-state index in [9.17, 15) is 26.4 Å². The number of sulfone groups is 1. The van der Waals surface area contributed by atoms with Crippen molar-refractivity contribution in [3.05, 3.63) is 29.8 Å². The second-order valence-corrected chi connectivity index (χ2v) is 11.3. The highest BCUT2D eigenvalue weighted by Crippen LogP contribution is 2.19. The topological polar surface area (TPSA) is 109 Å². The number of benzene rings is 1. The summed E-state index contributed by atoms with van der Waals surface area (Å²) >= 11 is 0. The summed E-state index contributed by atoms with van der Waals surface area (Å²) in [6, 6.07) is 5.73. The van der Waals surface area contributed by atoms with Gasteiger partial charge < -0.3 is 4.90 Å². The Hall–Kier alpha value is -1.78. The average Bonchev–Trinajstić information content (AvgIpc) is 2.68. The summed E-state index contributed by atoms with van der Waals surface area (Å²) < 4.78 is 50.9. The minimum absolute atomic E-state index is 0.00280. The smallest absolute Gasteiger partial charge is 0.243 e. The molecule has 1 aromatic rings. The number of amides is 1. The van der Waals surface area contributed by atoms with Gasteiger partial charge in [0.25, 0.3) is 0 Å². The maximum absolute atomic E-state index is 12.8. The van der Waals surface area contributed by atoms with E-state index in [4.69, 9.17) is 0 Å². The first-order valence-corrected chi connectivity index (χ1v) is 12.9. The highest BCUT2D eigenvalue weighted by molar-refractivity contribution is 7.92. The van der Waals surface area contributed by atoms with Crippen LogP contribution in [-0.2, 0) is 24.7 Å². The van der Waals surface area contributed by atoms with Crippen LogP contribution < -0.4 is 0 Å². The predicted octanol–water partition coefficient (Wildman–Crippen LogP) is 1.33. The van der Waals surface area contributed by atoms with Gasteiger partial charge in [0.1, 0.15) is 5.75 Å². The van der Waals surface area contributed by atoms with Crippen molar-refractivity contribution in [1.82, 2.24) is 9.21 Å². The number of hydrogen-bond donors (Lipinski definition) is 0. The zero-order valence-corrected chi connectivity index (χ0v) is 18.5.